The molecule has 0 aromatic carbocycles. The summed E-state index contributed by atoms with van der Waals surface area (Å²) >= 11 is 0. The summed E-state index contributed by atoms with van der Waals surface area (Å²) in [5.41, 5.74) is 5.54. The summed E-state index contributed by atoms with van der Waals surface area (Å²) in [6, 6.07) is -1.50. The van der Waals surface area contributed by atoms with Gasteiger partial charge in [-0.2, -0.15) is 0 Å². The average molecular weight is 415 g/mol. The van der Waals surface area contributed by atoms with E-state index in [2.05, 4.69) is 18.7 Å². The summed E-state index contributed by atoms with van der Waals surface area (Å²) in [5.74, 6) is -0.792. The van der Waals surface area contributed by atoms with E-state index in [0.717, 1.165) is 19.6 Å². The Morgan fingerprint density at radius 1 is 0.966 bits per heavy atom. The van der Waals surface area contributed by atoms with E-state index in [1.807, 2.05) is 20.8 Å². The molecule has 0 radical (unpaired) electrons. The van der Waals surface area contributed by atoms with Crippen LogP contribution in [-0.2, 0) is 19.1 Å². The van der Waals surface area contributed by atoms with Crippen molar-refractivity contribution in [1.29, 1.82) is 0 Å². The predicted octanol–water partition coefficient (Wildman–Crippen LogP) is 1.33. The lowest BCUT2D eigenvalue weighted by molar-refractivity contribution is -0.149. The third-order valence-corrected chi connectivity index (χ3v) is 5.17. The van der Waals surface area contributed by atoms with Gasteiger partial charge in [0.15, 0.2) is 0 Å². The Balaban J connectivity index is 5.30. The van der Waals surface area contributed by atoms with Crippen LogP contribution in [0, 0.1) is 5.92 Å². The first kappa shape index (κ1) is 27.3. The molecule has 0 saturated carbocycles. The van der Waals surface area contributed by atoms with Gasteiger partial charge >= 0.3 is 0 Å². The van der Waals surface area contributed by atoms with Crippen LogP contribution in [0.5, 0.6) is 0 Å². The molecule has 2 N–H and O–H groups in total. The van der Waals surface area contributed by atoms with Gasteiger partial charge in [0, 0.05) is 27.1 Å². The van der Waals surface area contributed by atoms with Crippen LogP contribution < -0.4 is 5.73 Å². The molecule has 3 amide bonds. The highest BCUT2D eigenvalue weighted by atomic mass is 16.5. The van der Waals surface area contributed by atoms with Gasteiger partial charge in [0.25, 0.3) is 0 Å². The molecule has 8 nitrogen and oxygen atoms in total. The smallest absolute Gasteiger partial charge is 0.248 e. The fraction of sp³-hybridized carbons (Fsp3) is 0.857. The number of rotatable bonds is 15. The van der Waals surface area contributed by atoms with Crippen molar-refractivity contribution in [1.82, 2.24) is 14.7 Å². The highest BCUT2D eigenvalue weighted by Crippen LogP contribution is 2.14. The molecule has 170 valence electrons. The van der Waals surface area contributed by atoms with Crippen molar-refractivity contribution in [3.8, 4) is 0 Å². The zero-order chi connectivity index (χ0) is 22.6. The summed E-state index contributed by atoms with van der Waals surface area (Å²) in [7, 11) is 3.19. The van der Waals surface area contributed by atoms with Gasteiger partial charge in [-0.05, 0) is 31.8 Å². The largest absolute Gasteiger partial charge is 0.377 e. The van der Waals surface area contributed by atoms with E-state index in [1.165, 1.54) is 9.80 Å². The molecule has 0 aliphatic carbocycles. The van der Waals surface area contributed by atoms with E-state index in [9.17, 15) is 14.4 Å². The normalized spacial score (nSPS) is 13.4. The zero-order valence-electron chi connectivity index (χ0n) is 19.4. The lowest BCUT2D eigenvalue weighted by Crippen LogP contribution is -2.55. The van der Waals surface area contributed by atoms with E-state index in [-0.39, 0.29) is 24.3 Å². The Morgan fingerprint density at radius 3 is 2.00 bits per heavy atom. The van der Waals surface area contributed by atoms with E-state index < -0.39 is 18.0 Å². The number of primary amides is 1. The first-order valence-corrected chi connectivity index (χ1v) is 10.7. The van der Waals surface area contributed by atoms with Crippen LogP contribution in [0.4, 0.5) is 0 Å². The highest BCUT2D eigenvalue weighted by Gasteiger charge is 2.34. The van der Waals surface area contributed by atoms with Gasteiger partial charge in [-0.15, -0.1) is 0 Å². The first-order chi connectivity index (χ1) is 13.6. The molecule has 0 rings (SSSR count). The van der Waals surface area contributed by atoms with E-state index in [1.54, 1.807) is 14.1 Å². The summed E-state index contributed by atoms with van der Waals surface area (Å²) in [5, 5.41) is 0. The second-order valence-corrected chi connectivity index (χ2v) is 7.87. The minimum atomic E-state index is -0.787. The average Bonchev–Trinajstić information content (AvgIpc) is 2.67. The second kappa shape index (κ2) is 14.3. The topological polar surface area (TPSA) is 96.2 Å². The fourth-order valence-corrected chi connectivity index (χ4v) is 3.14. The molecule has 0 aromatic heterocycles. The molecule has 29 heavy (non-hydrogen) atoms. The number of amides is 3. The van der Waals surface area contributed by atoms with Crippen LogP contribution in [0.25, 0.3) is 0 Å². The van der Waals surface area contributed by atoms with Crippen LogP contribution >= 0.6 is 0 Å². The maximum atomic E-state index is 13.2. The Kier molecular flexibility index (Phi) is 13.5. The fourth-order valence-electron chi connectivity index (χ4n) is 3.14. The molecule has 2 atom stereocenters. The van der Waals surface area contributed by atoms with Crippen molar-refractivity contribution in [2.24, 2.45) is 11.7 Å². The van der Waals surface area contributed by atoms with Crippen LogP contribution in [0.2, 0.25) is 0 Å². The molecule has 0 spiro atoms. The molecule has 0 heterocycles. The van der Waals surface area contributed by atoms with Gasteiger partial charge in [-0.1, -0.05) is 34.6 Å². The standard InChI is InChI=1S/C21H42N4O4/c1-8-11-19(26)23(6)18(15-29-13-12-25(9-2)10-3)21(28)24(7)17(20(22)27)14-16(4)5/h16-18H,8-15H2,1-7H3,(H2,22,27)/t17-,18+/m0/s1. The van der Waals surface area contributed by atoms with E-state index in [4.69, 9.17) is 10.5 Å². The van der Waals surface area contributed by atoms with Crippen molar-refractivity contribution >= 4 is 17.7 Å². The highest BCUT2D eigenvalue weighted by molar-refractivity contribution is 5.91. The van der Waals surface area contributed by atoms with E-state index in [0.29, 0.717) is 25.9 Å². The SMILES string of the molecule is CCCC(=O)N(C)[C@H](COCCN(CC)CC)C(=O)N(C)[C@@H](CC(C)C)C(N)=O. The van der Waals surface area contributed by atoms with Crippen molar-refractivity contribution in [3.63, 3.8) is 0 Å². The maximum Gasteiger partial charge on any atom is 0.248 e. The second-order valence-electron chi connectivity index (χ2n) is 7.87. The summed E-state index contributed by atoms with van der Waals surface area (Å²) < 4.78 is 5.77. The molecule has 0 aliphatic heterocycles. The minimum absolute atomic E-state index is 0.0869. The molecule has 0 bridgehead atoms. The predicted molar refractivity (Wildman–Crippen MR) is 115 cm³/mol. The molecule has 8 heteroatoms. The number of likely N-dealkylation sites (N-methyl/N-ethyl adjacent to an activating group) is 3. The van der Waals surface area contributed by atoms with Gasteiger partial charge < -0.3 is 25.2 Å². The summed E-state index contributed by atoms with van der Waals surface area (Å²) in [6.45, 7) is 13.2. The number of hydrogen-bond donors (Lipinski definition) is 1. The van der Waals surface area contributed by atoms with Gasteiger partial charge in [0.05, 0.1) is 13.2 Å². The number of carbonyl (C=O) groups excluding carboxylic acids is 3. The number of nitrogens with two attached hydrogens (primary N) is 1. The van der Waals surface area contributed by atoms with Crippen LogP contribution in [0.1, 0.15) is 53.9 Å². The molecule has 0 aromatic rings. The number of carbonyl (C=O) groups is 3. The van der Waals surface area contributed by atoms with Crippen molar-refractivity contribution < 1.29 is 19.1 Å². The zero-order valence-corrected chi connectivity index (χ0v) is 19.4. The Hall–Kier alpha value is -1.67. The summed E-state index contributed by atoms with van der Waals surface area (Å²) in [4.78, 5) is 42.6. The van der Waals surface area contributed by atoms with Gasteiger partial charge in [0.1, 0.15) is 12.1 Å². The monoisotopic (exact) mass is 414 g/mol. The van der Waals surface area contributed by atoms with Crippen LogP contribution in [0.3, 0.4) is 0 Å². The third-order valence-electron chi connectivity index (χ3n) is 5.17. The van der Waals surface area contributed by atoms with Crippen LogP contribution in [-0.4, -0.2) is 91.4 Å². The molecule has 0 aliphatic rings. The summed E-state index contributed by atoms with van der Waals surface area (Å²) in [6.07, 6.45) is 1.52. The molecular formula is C21H42N4O4. The quantitative estimate of drug-likeness (QED) is 0.408. The van der Waals surface area contributed by atoms with Gasteiger partial charge in [0.2, 0.25) is 17.7 Å². The minimum Gasteiger partial charge on any atom is -0.377 e. The van der Waals surface area contributed by atoms with Gasteiger partial charge in [-0.25, -0.2) is 0 Å². The Labute approximate surface area is 176 Å². The van der Waals surface area contributed by atoms with Crippen molar-refractivity contribution in [3.05, 3.63) is 0 Å². The molecular weight excluding hydrogens is 372 g/mol. The van der Waals surface area contributed by atoms with Crippen molar-refractivity contribution in [2.45, 2.75) is 66.0 Å². The van der Waals surface area contributed by atoms with Gasteiger partial charge in [-0.3, -0.25) is 14.4 Å². The maximum absolute atomic E-state index is 13.2. The van der Waals surface area contributed by atoms with Crippen LogP contribution in [0.15, 0.2) is 0 Å². The Morgan fingerprint density at radius 2 is 1.55 bits per heavy atom. The molecule has 0 unspecified atom stereocenters. The number of hydrogen-bond acceptors (Lipinski definition) is 5. The Bertz CT molecular complexity index is 509. The first-order valence-electron chi connectivity index (χ1n) is 10.7. The van der Waals surface area contributed by atoms with E-state index >= 15 is 0 Å². The lowest BCUT2D eigenvalue weighted by atomic mass is 10.0. The third kappa shape index (κ3) is 9.58. The molecule has 0 saturated heterocycles. The number of nitrogens with zero attached hydrogens (tertiary/aromatic N) is 3. The van der Waals surface area contributed by atoms with Crippen molar-refractivity contribution in [2.75, 3.05) is 46.9 Å². The molecule has 0 fully saturated rings. The lowest BCUT2D eigenvalue weighted by Gasteiger charge is -2.34. The number of ether oxygens (including phenoxy) is 1.